The number of nitrogens with one attached hydrogen (secondary N) is 1. The highest BCUT2D eigenvalue weighted by Gasteiger charge is 2.28. The molecule has 1 N–H and O–H groups in total. The third-order valence-electron chi connectivity index (χ3n) is 6.17. The summed E-state index contributed by atoms with van der Waals surface area (Å²) in [7, 11) is 0. The number of nitrogens with zero attached hydrogens (tertiary/aromatic N) is 4. The van der Waals surface area contributed by atoms with Crippen LogP contribution in [0.5, 0.6) is 0 Å². The molecule has 166 valence electrons. The van der Waals surface area contributed by atoms with Gasteiger partial charge in [-0.25, -0.2) is 4.98 Å². The average molecular weight is 434 g/mol. The number of aromatic nitrogens is 3. The van der Waals surface area contributed by atoms with Crippen molar-refractivity contribution in [3.8, 4) is 22.8 Å². The molecule has 2 aliphatic rings. The van der Waals surface area contributed by atoms with Crippen LogP contribution in [0, 0.1) is 5.92 Å². The van der Waals surface area contributed by atoms with Gasteiger partial charge in [0.25, 0.3) is 5.89 Å². The summed E-state index contributed by atoms with van der Waals surface area (Å²) in [6.07, 6.45) is 5.62. The fraction of sp³-hybridized carbons (Fsp3) is 0.417. The number of carbonyl (C=O) groups is 1. The van der Waals surface area contributed by atoms with Crippen LogP contribution in [0.4, 0.5) is 5.82 Å². The van der Waals surface area contributed by atoms with Gasteiger partial charge in [-0.1, -0.05) is 35.5 Å². The Bertz CT molecular complexity index is 1040. The number of hydrogen-bond donors (Lipinski definition) is 1. The maximum Gasteiger partial charge on any atom is 0.261 e. The van der Waals surface area contributed by atoms with Gasteiger partial charge in [0.1, 0.15) is 5.82 Å². The van der Waals surface area contributed by atoms with Crippen LogP contribution in [0.15, 0.2) is 53.2 Å². The number of rotatable bonds is 6. The summed E-state index contributed by atoms with van der Waals surface area (Å²) in [5.74, 6) is 1.97. The summed E-state index contributed by atoms with van der Waals surface area (Å²) < 4.78 is 11.2. The summed E-state index contributed by atoms with van der Waals surface area (Å²) in [6.45, 7) is 2.92. The molecule has 4 heterocycles. The molecule has 2 aliphatic heterocycles. The van der Waals surface area contributed by atoms with Gasteiger partial charge in [-0.15, -0.1) is 0 Å². The van der Waals surface area contributed by atoms with Gasteiger partial charge in [0.2, 0.25) is 11.7 Å². The minimum absolute atomic E-state index is 0.0212. The smallest absolute Gasteiger partial charge is 0.261 e. The number of amides is 1. The molecule has 0 aliphatic carbocycles. The molecule has 3 aromatic rings. The predicted octanol–water partition coefficient (Wildman–Crippen LogP) is 3.31. The number of carbonyl (C=O) groups excluding carboxylic acids is 1. The molecule has 32 heavy (non-hydrogen) atoms. The zero-order valence-corrected chi connectivity index (χ0v) is 17.9. The van der Waals surface area contributed by atoms with Crippen LogP contribution < -0.4 is 10.2 Å². The van der Waals surface area contributed by atoms with E-state index in [0.717, 1.165) is 62.3 Å². The van der Waals surface area contributed by atoms with E-state index in [1.807, 2.05) is 42.5 Å². The van der Waals surface area contributed by atoms with E-state index in [0.29, 0.717) is 18.3 Å². The second-order valence-corrected chi connectivity index (χ2v) is 8.31. The Balaban J connectivity index is 1.24. The zero-order valence-electron chi connectivity index (χ0n) is 17.9. The molecule has 2 aromatic heterocycles. The maximum atomic E-state index is 12.6. The molecule has 1 unspecified atom stereocenters. The highest BCUT2D eigenvalue weighted by Crippen LogP contribution is 2.31. The number of benzene rings is 1. The minimum atomic E-state index is 0.0212. The Kier molecular flexibility index (Phi) is 6.11. The number of hydrogen-bond acceptors (Lipinski definition) is 7. The highest BCUT2D eigenvalue weighted by molar-refractivity contribution is 5.79. The van der Waals surface area contributed by atoms with E-state index >= 15 is 0 Å². The van der Waals surface area contributed by atoms with Crippen molar-refractivity contribution in [2.45, 2.75) is 31.8 Å². The Morgan fingerprint density at radius 3 is 2.72 bits per heavy atom. The molecular formula is C24H27N5O3. The molecule has 0 spiro atoms. The second-order valence-electron chi connectivity index (χ2n) is 8.31. The van der Waals surface area contributed by atoms with Gasteiger partial charge in [0, 0.05) is 43.9 Å². The standard InChI is InChI=1S/C24H27N5O3/c30-23(26-16-19-8-5-15-31-19)18-10-13-29(14-11-18)22-20(9-4-12-25-22)24-27-21(28-32-24)17-6-2-1-3-7-17/h1-4,6-7,9,12,18-19H,5,8,10-11,13-16H2,(H,26,30). The first-order valence-electron chi connectivity index (χ1n) is 11.3. The van der Waals surface area contributed by atoms with Crippen molar-refractivity contribution in [3.63, 3.8) is 0 Å². The quantitative estimate of drug-likeness (QED) is 0.637. The van der Waals surface area contributed by atoms with Crippen molar-refractivity contribution < 1.29 is 14.1 Å². The number of piperidine rings is 1. The van der Waals surface area contributed by atoms with Gasteiger partial charge in [-0.05, 0) is 37.8 Å². The highest BCUT2D eigenvalue weighted by atomic mass is 16.5. The van der Waals surface area contributed by atoms with E-state index in [1.165, 1.54) is 0 Å². The first-order valence-corrected chi connectivity index (χ1v) is 11.3. The molecular weight excluding hydrogens is 406 g/mol. The van der Waals surface area contributed by atoms with Gasteiger partial charge < -0.3 is 19.5 Å². The fourth-order valence-electron chi connectivity index (χ4n) is 4.37. The van der Waals surface area contributed by atoms with Crippen LogP contribution in [0.25, 0.3) is 22.8 Å². The SMILES string of the molecule is O=C(NCC1CCCO1)C1CCN(c2ncccc2-c2nc(-c3ccccc3)no2)CC1. The maximum absolute atomic E-state index is 12.6. The summed E-state index contributed by atoms with van der Waals surface area (Å²) >= 11 is 0. The molecule has 5 rings (SSSR count). The lowest BCUT2D eigenvalue weighted by Crippen LogP contribution is -2.42. The Labute approximate surface area is 187 Å². The molecule has 0 saturated carbocycles. The van der Waals surface area contributed by atoms with Gasteiger partial charge in [0.15, 0.2) is 0 Å². The van der Waals surface area contributed by atoms with Crippen molar-refractivity contribution in [3.05, 3.63) is 48.7 Å². The van der Waals surface area contributed by atoms with Gasteiger partial charge in [-0.2, -0.15) is 4.98 Å². The van der Waals surface area contributed by atoms with Gasteiger partial charge in [-0.3, -0.25) is 4.79 Å². The fourth-order valence-corrected chi connectivity index (χ4v) is 4.37. The van der Waals surface area contributed by atoms with Crippen LogP contribution in [-0.2, 0) is 9.53 Å². The minimum Gasteiger partial charge on any atom is -0.376 e. The Morgan fingerprint density at radius 1 is 1.09 bits per heavy atom. The summed E-state index contributed by atoms with van der Waals surface area (Å²) in [5, 5.41) is 7.21. The molecule has 1 aromatic carbocycles. The van der Waals surface area contributed by atoms with Crippen molar-refractivity contribution in [1.82, 2.24) is 20.4 Å². The largest absolute Gasteiger partial charge is 0.376 e. The Hall–Kier alpha value is -3.26. The van der Waals surface area contributed by atoms with E-state index in [1.54, 1.807) is 6.20 Å². The van der Waals surface area contributed by atoms with Gasteiger partial charge >= 0.3 is 0 Å². The van der Waals surface area contributed by atoms with Crippen molar-refractivity contribution in [2.24, 2.45) is 5.92 Å². The first kappa shape index (κ1) is 20.6. The van der Waals surface area contributed by atoms with E-state index in [2.05, 4.69) is 25.3 Å². The molecule has 0 radical (unpaired) electrons. The second kappa shape index (κ2) is 9.48. The van der Waals surface area contributed by atoms with Crippen LogP contribution in [0.3, 0.4) is 0 Å². The lowest BCUT2D eigenvalue weighted by Gasteiger charge is -2.33. The molecule has 8 nitrogen and oxygen atoms in total. The molecule has 1 atom stereocenters. The molecule has 2 saturated heterocycles. The Morgan fingerprint density at radius 2 is 1.94 bits per heavy atom. The average Bonchev–Trinajstić information content (AvgIpc) is 3.56. The monoisotopic (exact) mass is 433 g/mol. The van der Waals surface area contributed by atoms with Crippen molar-refractivity contribution in [1.29, 1.82) is 0 Å². The third kappa shape index (κ3) is 4.50. The zero-order chi connectivity index (χ0) is 21.8. The van der Waals surface area contributed by atoms with E-state index < -0.39 is 0 Å². The summed E-state index contributed by atoms with van der Waals surface area (Å²) in [4.78, 5) is 24.0. The van der Waals surface area contributed by atoms with Crippen LogP contribution >= 0.6 is 0 Å². The number of anilines is 1. The van der Waals surface area contributed by atoms with Crippen LogP contribution in [0.2, 0.25) is 0 Å². The molecule has 0 bridgehead atoms. The van der Waals surface area contributed by atoms with E-state index in [-0.39, 0.29) is 17.9 Å². The topological polar surface area (TPSA) is 93.4 Å². The van der Waals surface area contributed by atoms with Crippen molar-refractivity contribution in [2.75, 3.05) is 31.1 Å². The third-order valence-corrected chi connectivity index (χ3v) is 6.17. The van der Waals surface area contributed by atoms with E-state index in [9.17, 15) is 4.79 Å². The summed E-state index contributed by atoms with van der Waals surface area (Å²) in [5.41, 5.74) is 1.71. The molecule has 2 fully saturated rings. The number of pyridine rings is 1. The predicted molar refractivity (Wildman–Crippen MR) is 120 cm³/mol. The van der Waals surface area contributed by atoms with Crippen LogP contribution in [0.1, 0.15) is 25.7 Å². The molecule has 8 heteroatoms. The van der Waals surface area contributed by atoms with E-state index in [4.69, 9.17) is 9.26 Å². The lowest BCUT2D eigenvalue weighted by molar-refractivity contribution is -0.126. The lowest BCUT2D eigenvalue weighted by atomic mass is 9.95. The van der Waals surface area contributed by atoms with Crippen LogP contribution in [-0.4, -0.2) is 53.4 Å². The normalized spacial score (nSPS) is 19.2. The first-order chi connectivity index (χ1) is 15.8. The van der Waals surface area contributed by atoms with Crippen molar-refractivity contribution >= 4 is 11.7 Å². The number of ether oxygens (including phenoxy) is 1. The van der Waals surface area contributed by atoms with Gasteiger partial charge in [0.05, 0.1) is 11.7 Å². The molecule has 1 amide bonds. The summed E-state index contributed by atoms with van der Waals surface area (Å²) in [6, 6.07) is 13.6.